The van der Waals surface area contributed by atoms with Crippen LogP contribution in [0.2, 0.25) is 0 Å². The molecule has 6 heteroatoms. The third-order valence-electron chi connectivity index (χ3n) is 3.63. The maximum Gasteiger partial charge on any atom is 0.240 e. The number of hydrogen-bond acceptors (Lipinski definition) is 4. The Hall–Kier alpha value is -2.08. The maximum atomic E-state index is 11.9. The fraction of sp³-hybridized carbons (Fsp3) is 0.429. The van der Waals surface area contributed by atoms with Crippen LogP contribution in [0.15, 0.2) is 24.3 Å². The first-order valence-corrected chi connectivity index (χ1v) is 6.62. The minimum absolute atomic E-state index is 0.195. The fourth-order valence-electron chi connectivity index (χ4n) is 2.45. The molecule has 2 amide bonds. The van der Waals surface area contributed by atoms with Crippen LogP contribution in [0.1, 0.15) is 18.4 Å². The number of rotatable bonds is 5. The van der Waals surface area contributed by atoms with E-state index < -0.39 is 18.0 Å². The molecular weight excluding hydrogens is 258 g/mol. The third-order valence-corrected chi connectivity index (χ3v) is 3.63. The topological polar surface area (TPSA) is 110 Å². The smallest absolute Gasteiger partial charge is 0.240 e. The molecule has 0 radical (unpaired) electrons. The van der Waals surface area contributed by atoms with Crippen molar-refractivity contribution in [2.45, 2.75) is 31.3 Å². The minimum atomic E-state index is -0.621. The van der Waals surface area contributed by atoms with E-state index in [1.54, 1.807) is 24.3 Å². The normalized spacial score (nSPS) is 20.1. The van der Waals surface area contributed by atoms with E-state index in [1.165, 1.54) is 4.90 Å². The summed E-state index contributed by atoms with van der Waals surface area (Å²) in [5.41, 5.74) is 12.0. The molecule has 20 heavy (non-hydrogen) atoms. The number of phenolic OH excluding ortho intramolecular Hbond substituents is 1. The van der Waals surface area contributed by atoms with Crippen LogP contribution >= 0.6 is 0 Å². The molecule has 1 aliphatic rings. The second-order valence-electron chi connectivity index (χ2n) is 5.05. The average molecular weight is 277 g/mol. The number of primary amides is 1. The van der Waals surface area contributed by atoms with E-state index in [1.807, 2.05) is 0 Å². The third kappa shape index (κ3) is 3.08. The van der Waals surface area contributed by atoms with Crippen molar-refractivity contribution in [3.63, 3.8) is 0 Å². The first-order valence-electron chi connectivity index (χ1n) is 6.62. The largest absolute Gasteiger partial charge is 0.508 e. The van der Waals surface area contributed by atoms with E-state index in [2.05, 4.69) is 0 Å². The maximum absolute atomic E-state index is 11.9. The van der Waals surface area contributed by atoms with Gasteiger partial charge < -0.3 is 21.5 Å². The van der Waals surface area contributed by atoms with Crippen LogP contribution < -0.4 is 11.5 Å². The van der Waals surface area contributed by atoms with Crippen molar-refractivity contribution >= 4 is 11.8 Å². The number of phenols is 1. The van der Waals surface area contributed by atoms with Crippen molar-refractivity contribution in [2.75, 3.05) is 6.54 Å². The Balaban J connectivity index is 2.01. The summed E-state index contributed by atoms with van der Waals surface area (Å²) < 4.78 is 0. The molecule has 1 aliphatic heterocycles. The molecule has 1 saturated heterocycles. The average Bonchev–Trinajstić information content (AvgIpc) is 2.73. The summed E-state index contributed by atoms with van der Waals surface area (Å²) in [6, 6.07) is 5.60. The highest BCUT2D eigenvalue weighted by Gasteiger charge is 2.35. The number of nitrogens with zero attached hydrogens (tertiary/aromatic N) is 1. The van der Waals surface area contributed by atoms with Gasteiger partial charge in [-0.25, -0.2) is 0 Å². The molecule has 5 N–H and O–H groups in total. The summed E-state index contributed by atoms with van der Waals surface area (Å²) in [5, 5.41) is 9.22. The highest BCUT2D eigenvalue weighted by Crippen LogP contribution is 2.18. The number of carbonyl (C=O) groups is 2. The Morgan fingerprint density at radius 3 is 2.55 bits per heavy atom. The predicted octanol–water partition coefficient (Wildman–Crippen LogP) is -0.262. The van der Waals surface area contributed by atoms with Crippen molar-refractivity contribution in [3.05, 3.63) is 29.8 Å². The van der Waals surface area contributed by atoms with Gasteiger partial charge in [-0.1, -0.05) is 12.1 Å². The van der Waals surface area contributed by atoms with Gasteiger partial charge in [0.15, 0.2) is 0 Å². The Morgan fingerprint density at radius 1 is 1.40 bits per heavy atom. The molecule has 1 aromatic carbocycles. The zero-order valence-corrected chi connectivity index (χ0v) is 11.2. The number of nitrogens with two attached hydrogens (primary N) is 2. The SMILES string of the molecule is NC(=O)[C@@H](CCc1ccc(O)cc1)N1CC[C@H](N)C1=O. The van der Waals surface area contributed by atoms with Gasteiger partial charge in [0.05, 0.1) is 6.04 Å². The lowest BCUT2D eigenvalue weighted by atomic mass is 10.0. The molecule has 1 fully saturated rings. The van der Waals surface area contributed by atoms with E-state index in [9.17, 15) is 14.7 Å². The molecule has 0 aliphatic carbocycles. The predicted molar refractivity (Wildman–Crippen MR) is 73.7 cm³/mol. The number of amides is 2. The van der Waals surface area contributed by atoms with Crippen molar-refractivity contribution in [2.24, 2.45) is 11.5 Å². The number of hydrogen-bond donors (Lipinski definition) is 3. The van der Waals surface area contributed by atoms with Gasteiger partial charge in [-0.05, 0) is 37.0 Å². The van der Waals surface area contributed by atoms with Crippen LogP contribution in [0.3, 0.4) is 0 Å². The van der Waals surface area contributed by atoms with Crippen LogP contribution in [-0.4, -0.2) is 40.4 Å². The first kappa shape index (κ1) is 14.3. The lowest BCUT2D eigenvalue weighted by molar-refractivity contribution is -0.136. The summed E-state index contributed by atoms with van der Waals surface area (Å²) in [4.78, 5) is 24.9. The zero-order valence-electron chi connectivity index (χ0n) is 11.2. The van der Waals surface area contributed by atoms with Gasteiger partial charge in [0.2, 0.25) is 11.8 Å². The van der Waals surface area contributed by atoms with Crippen LogP contribution in [0, 0.1) is 0 Å². The van der Waals surface area contributed by atoms with Crippen LogP contribution in [0.25, 0.3) is 0 Å². The van der Waals surface area contributed by atoms with E-state index in [-0.39, 0.29) is 11.7 Å². The number of carbonyl (C=O) groups excluding carboxylic acids is 2. The first-order chi connectivity index (χ1) is 9.49. The van der Waals surface area contributed by atoms with Crippen LogP contribution in [0.4, 0.5) is 0 Å². The molecule has 108 valence electrons. The Morgan fingerprint density at radius 2 is 2.05 bits per heavy atom. The number of aryl methyl sites for hydroxylation is 1. The standard InChI is InChI=1S/C14H19N3O3/c15-11-7-8-17(14(11)20)12(13(16)19)6-3-9-1-4-10(18)5-2-9/h1-2,4-5,11-12,18H,3,6-8,15H2,(H2,16,19)/t11-,12+/m0/s1. The van der Waals surface area contributed by atoms with Gasteiger partial charge >= 0.3 is 0 Å². The molecule has 0 unspecified atom stereocenters. The van der Waals surface area contributed by atoms with Crippen molar-refractivity contribution in [3.8, 4) is 5.75 Å². The Kier molecular flexibility index (Phi) is 4.24. The lowest BCUT2D eigenvalue weighted by Crippen LogP contribution is -2.47. The molecular formula is C14H19N3O3. The summed E-state index contributed by atoms with van der Waals surface area (Å²) in [6.07, 6.45) is 1.62. The van der Waals surface area contributed by atoms with E-state index in [4.69, 9.17) is 11.5 Å². The summed E-state index contributed by atoms with van der Waals surface area (Å²) in [6.45, 7) is 0.475. The summed E-state index contributed by atoms with van der Waals surface area (Å²) in [7, 11) is 0. The summed E-state index contributed by atoms with van der Waals surface area (Å²) in [5.74, 6) is -0.522. The van der Waals surface area contributed by atoms with Gasteiger partial charge in [-0.3, -0.25) is 9.59 Å². The number of benzene rings is 1. The van der Waals surface area contributed by atoms with E-state index in [0.29, 0.717) is 25.8 Å². The highest BCUT2D eigenvalue weighted by molar-refractivity contribution is 5.90. The molecule has 0 bridgehead atoms. The second kappa shape index (κ2) is 5.92. The lowest BCUT2D eigenvalue weighted by Gasteiger charge is -2.25. The van der Waals surface area contributed by atoms with Gasteiger partial charge in [0, 0.05) is 6.54 Å². The molecule has 0 saturated carbocycles. The zero-order chi connectivity index (χ0) is 14.7. The Bertz CT molecular complexity index is 501. The van der Waals surface area contributed by atoms with Crippen molar-refractivity contribution < 1.29 is 14.7 Å². The van der Waals surface area contributed by atoms with Crippen molar-refractivity contribution in [1.29, 1.82) is 0 Å². The fourth-order valence-corrected chi connectivity index (χ4v) is 2.45. The second-order valence-corrected chi connectivity index (χ2v) is 5.05. The quantitative estimate of drug-likeness (QED) is 0.688. The van der Waals surface area contributed by atoms with Gasteiger partial charge in [-0.2, -0.15) is 0 Å². The van der Waals surface area contributed by atoms with E-state index >= 15 is 0 Å². The highest BCUT2D eigenvalue weighted by atomic mass is 16.3. The molecule has 0 spiro atoms. The number of likely N-dealkylation sites (tertiary alicyclic amines) is 1. The molecule has 2 rings (SSSR count). The minimum Gasteiger partial charge on any atom is -0.508 e. The number of aromatic hydroxyl groups is 1. The molecule has 2 atom stereocenters. The van der Waals surface area contributed by atoms with Gasteiger partial charge in [0.1, 0.15) is 11.8 Å². The molecule has 0 aromatic heterocycles. The van der Waals surface area contributed by atoms with Crippen molar-refractivity contribution in [1.82, 2.24) is 4.90 Å². The van der Waals surface area contributed by atoms with E-state index in [0.717, 1.165) is 5.56 Å². The molecule has 1 heterocycles. The van der Waals surface area contributed by atoms with Crippen LogP contribution in [0.5, 0.6) is 5.75 Å². The molecule has 6 nitrogen and oxygen atoms in total. The monoisotopic (exact) mass is 277 g/mol. The summed E-state index contributed by atoms with van der Waals surface area (Å²) >= 11 is 0. The van der Waals surface area contributed by atoms with Crippen LogP contribution in [-0.2, 0) is 16.0 Å². The van der Waals surface area contributed by atoms with Gasteiger partial charge in [0.25, 0.3) is 0 Å². The molecule has 1 aromatic rings. The van der Waals surface area contributed by atoms with Gasteiger partial charge in [-0.15, -0.1) is 0 Å². The Labute approximate surface area is 117 Å².